The Morgan fingerprint density at radius 2 is 1.84 bits per heavy atom. The summed E-state index contributed by atoms with van der Waals surface area (Å²) in [6.07, 6.45) is 2.73. The number of ether oxygens (including phenoxy) is 2. The summed E-state index contributed by atoms with van der Waals surface area (Å²) < 4.78 is 10.9. The first-order valence-corrected chi connectivity index (χ1v) is 11.5. The molecule has 1 atom stereocenters. The summed E-state index contributed by atoms with van der Waals surface area (Å²) >= 11 is 0. The second-order valence-electron chi connectivity index (χ2n) is 8.23. The Hall–Kier alpha value is -1.80. The Balaban J connectivity index is 1.85. The fourth-order valence-electron chi connectivity index (χ4n) is 3.83. The highest BCUT2D eigenvalue weighted by atomic mass is 16.5. The Kier molecular flexibility index (Phi) is 11.2. The van der Waals surface area contributed by atoms with Gasteiger partial charge < -0.3 is 25.4 Å². The maximum atomic E-state index is 12.8. The summed E-state index contributed by atoms with van der Waals surface area (Å²) in [6, 6.07) is 5.85. The molecular weight excluding hydrogens is 394 g/mol. The number of carbonyl (C=O) groups excluding carboxylic acids is 2. The Bertz CT molecular complexity index is 702. The Labute approximate surface area is 186 Å². The van der Waals surface area contributed by atoms with Crippen LogP contribution in [-0.2, 0) is 9.47 Å². The number of carbonyl (C=O) groups is 2. The van der Waals surface area contributed by atoms with Gasteiger partial charge in [0.15, 0.2) is 11.6 Å². The minimum Gasteiger partial charge on any atom is -0.382 e. The predicted octanol–water partition coefficient (Wildman–Crippen LogP) is 2.99. The maximum Gasteiger partial charge on any atom is 0.166 e. The fourth-order valence-corrected chi connectivity index (χ4v) is 3.83. The van der Waals surface area contributed by atoms with Crippen molar-refractivity contribution in [1.29, 1.82) is 0 Å². The van der Waals surface area contributed by atoms with E-state index < -0.39 is 0 Å². The lowest BCUT2D eigenvalue weighted by atomic mass is 9.91. The molecule has 0 saturated carbocycles. The fraction of sp³-hybridized carbons (Fsp3) is 0.667. The smallest absolute Gasteiger partial charge is 0.166 e. The van der Waals surface area contributed by atoms with Crippen LogP contribution in [0.25, 0.3) is 0 Å². The number of hydrogen-bond acceptors (Lipinski definition) is 7. The van der Waals surface area contributed by atoms with E-state index in [0.29, 0.717) is 44.1 Å². The zero-order chi connectivity index (χ0) is 22.6. The third-order valence-corrected chi connectivity index (χ3v) is 5.88. The van der Waals surface area contributed by atoms with Crippen molar-refractivity contribution in [3.8, 4) is 0 Å². The highest BCUT2D eigenvalue weighted by Crippen LogP contribution is 2.26. The van der Waals surface area contributed by atoms with Crippen LogP contribution in [0.3, 0.4) is 0 Å². The molecule has 0 aliphatic carbocycles. The normalized spacial score (nSPS) is 16.3. The zero-order valence-corrected chi connectivity index (χ0v) is 19.3. The third kappa shape index (κ3) is 8.00. The first kappa shape index (κ1) is 25.5. The van der Waals surface area contributed by atoms with Crippen molar-refractivity contribution in [2.45, 2.75) is 46.1 Å². The average molecular weight is 434 g/mol. The second-order valence-corrected chi connectivity index (χ2v) is 8.23. The number of likely N-dealkylation sites (tertiary alicyclic amines) is 1. The van der Waals surface area contributed by atoms with Crippen LogP contribution < -0.4 is 11.1 Å². The van der Waals surface area contributed by atoms with Crippen molar-refractivity contribution in [3.05, 3.63) is 29.3 Å². The number of benzene rings is 1. The molecule has 0 aromatic heterocycles. The van der Waals surface area contributed by atoms with E-state index in [1.54, 1.807) is 6.07 Å². The number of rotatable bonds is 14. The molecule has 1 fully saturated rings. The van der Waals surface area contributed by atoms with E-state index in [1.165, 1.54) is 6.92 Å². The molecule has 31 heavy (non-hydrogen) atoms. The van der Waals surface area contributed by atoms with E-state index in [-0.39, 0.29) is 23.5 Å². The molecule has 1 aromatic carbocycles. The van der Waals surface area contributed by atoms with Crippen LogP contribution >= 0.6 is 0 Å². The van der Waals surface area contributed by atoms with Crippen LogP contribution in [0.2, 0.25) is 0 Å². The third-order valence-electron chi connectivity index (χ3n) is 5.88. The zero-order valence-electron chi connectivity index (χ0n) is 19.3. The van der Waals surface area contributed by atoms with E-state index >= 15 is 0 Å². The molecule has 7 nitrogen and oxygen atoms in total. The Morgan fingerprint density at radius 3 is 2.45 bits per heavy atom. The lowest BCUT2D eigenvalue weighted by molar-refractivity contribution is 0.0387. The second kappa shape index (κ2) is 13.6. The molecule has 1 heterocycles. The minimum atomic E-state index is -0.0916. The van der Waals surface area contributed by atoms with E-state index in [1.807, 2.05) is 26.0 Å². The molecular formula is C24H39N3O4. The molecule has 0 spiro atoms. The van der Waals surface area contributed by atoms with Crippen LogP contribution in [0, 0.1) is 5.92 Å². The van der Waals surface area contributed by atoms with Crippen molar-refractivity contribution < 1.29 is 19.1 Å². The summed E-state index contributed by atoms with van der Waals surface area (Å²) in [4.78, 5) is 27.6. The predicted molar refractivity (Wildman–Crippen MR) is 124 cm³/mol. The van der Waals surface area contributed by atoms with Gasteiger partial charge in [0.05, 0.1) is 32.0 Å². The molecule has 174 valence electrons. The first-order valence-electron chi connectivity index (χ1n) is 11.5. The number of ketones is 2. The number of nitrogens with one attached hydrogen (secondary N) is 1. The number of anilines is 1. The molecule has 0 bridgehead atoms. The topological polar surface area (TPSA) is 93.9 Å². The molecule has 0 radical (unpaired) electrons. The highest BCUT2D eigenvalue weighted by Gasteiger charge is 2.24. The molecule has 1 aliphatic rings. The van der Waals surface area contributed by atoms with Crippen molar-refractivity contribution in [2.75, 3.05) is 57.9 Å². The van der Waals surface area contributed by atoms with Gasteiger partial charge in [-0.25, -0.2) is 0 Å². The molecule has 1 aromatic rings. The first-order chi connectivity index (χ1) is 15.0. The van der Waals surface area contributed by atoms with Gasteiger partial charge in [-0.3, -0.25) is 9.59 Å². The number of nitrogens with two attached hydrogens (primary N) is 1. The molecule has 1 saturated heterocycles. The van der Waals surface area contributed by atoms with Gasteiger partial charge in [0, 0.05) is 49.4 Å². The quantitative estimate of drug-likeness (QED) is 0.344. The summed E-state index contributed by atoms with van der Waals surface area (Å²) in [5.74, 6) is -0.120. The van der Waals surface area contributed by atoms with Gasteiger partial charge in [0.1, 0.15) is 0 Å². The minimum absolute atomic E-state index is 0.0413. The van der Waals surface area contributed by atoms with Crippen LogP contribution in [0.4, 0.5) is 5.69 Å². The van der Waals surface area contributed by atoms with Crippen molar-refractivity contribution in [2.24, 2.45) is 11.7 Å². The summed E-state index contributed by atoms with van der Waals surface area (Å²) in [7, 11) is 0. The van der Waals surface area contributed by atoms with E-state index in [4.69, 9.17) is 15.2 Å². The summed E-state index contributed by atoms with van der Waals surface area (Å²) in [6.45, 7) is 11.3. The van der Waals surface area contributed by atoms with Crippen LogP contribution in [0.15, 0.2) is 18.2 Å². The van der Waals surface area contributed by atoms with Crippen LogP contribution in [0.5, 0.6) is 0 Å². The molecule has 3 N–H and O–H groups in total. The number of Topliss-reactive ketones (excluding diaryl/α,β-unsaturated/α-hetero) is 2. The highest BCUT2D eigenvalue weighted by molar-refractivity contribution is 6.12. The van der Waals surface area contributed by atoms with Gasteiger partial charge in [-0.05, 0) is 32.3 Å². The molecule has 7 heteroatoms. The molecule has 0 amide bonds. The van der Waals surface area contributed by atoms with Gasteiger partial charge in [-0.2, -0.15) is 0 Å². The van der Waals surface area contributed by atoms with Gasteiger partial charge in [-0.1, -0.05) is 26.0 Å². The summed E-state index contributed by atoms with van der Waals surface area (Å²) in [5.41, 5.74) is 7.22. The largest absolute Gasteiger partial charge is 0.382 e. The maximum absolute atomic E-state index is 12.8. The van der Waals surface area contributed by atoms with Crippen molar-refractivity contribution in [3.63, 3.8) is 0 Å². The summed E-state index contributed by atoms with van der Waals surface area (Å²) in [5, 5.41) is 3.54. The van der Waals surface area contributed by atoms with Gasteiger partial charge in [-0.15, -0.1) is 0 Å². The van der Waals surface area contributed by atoms with Gasteiger partial charge in [0.25, 0.3) is 0 Å². The number of nitrogens with zero attached hydrogens (tertiary/aromatic N) is 1. The van der Waals surface area contributed by atoms with Crippen LogP contribution in [-0.4, -0.2) is 75.1 Å². The lowest BCUT2D eigenvalue weighted by Gasteiger charge is -2.33. The lowest BCUT2D eigenvalue weighted by Crippen LogP contribution is -2.40. The number of hydrogen-bond donors (Lipinski definition) is 2. The van der Waals surface area contributed by atoms with Crippen molar-refractivity contribution in [1.82, 2.24) is 4.90 Å². The molecule has 2 rings (SSSR count). The van der Waals surface area contributed by atoms with Crippen LogP contribution in [0.1, 0.15) is 60.7 Å². The van der Waals surface area contributed by atoms with Crippen molar-refractivity contribution >= 4 is 17.3 Å². The molecule has 1 aliphatic heterocycles. The van der Waals surface area contributed by atoms with Gasteiger partial charge >= 0.3 is 0 Å². The van der Waals surface area contributed by atoms with Gasteiger partial charge in [0.2, 0.25) is 0 Å². The monoisotopic (exact) mass is 433 g/mol. The van der Waals surface area contributed by atoms with E-state index in [9.17, 15) is 9.59 Å². The Morgan fingerprint density at radius 1 is 1.16 bits per heavy atom. The molecule has 1 unspecified atom stereocenters. The number of piperidine rings is 1. The average Bonchev–Trinajstić information content (AvgIpc) is 2.78. The van der Waals surface area contributed by atoms with E-state index in [2.05, 4.69) is 10.2 Å². The van der Waals surface area contributed by atoms with E-state index in [0.717, 1.165) is 44.6 Å². The standard InChI is InChI=1S/C24H39N3O4/c1-4-18(2)24(29)21-6-5-7-22(23(21)19(3)28)26-20-8-11-27(12-9-20)13-15-31-17-16-30-14-10-25/h5-7,18,20,26H,4,8-17,25H2,1-3H3. The SMILES string of the molecule is CCC(C)C(=O)c1cccc(NC2CCN(CCOCCOCCN)CC2)c1C(C)=O.